The SMILES string of the molecule is COP(C)(=O)Oc1cccc(C)c1. The Hall–Kier alpha value is -0.790. The largest absolute Gasteiger partial charge is 0.425 e. The standard InChI is InChI=1S/C9H13O3P/c1-8-5-4-6-9(7-8)12-13(3,10)11-2/h4-7H,1-3H3. The molecular formula is C9H13O3P. The van der Waals surface area contributed by atoms with Gasteiger partial charge in [-0.15, -0.1) is 0 Å². The molecule has 4 heteroatoms. The van der Waals surface area contributed by atoms with Gasteiger partial charge in [0.2, 0.25) is 0 Å². The maximum atomic E-state index is 11.4. The molecule has 1 aromatic rings. The fourth-order valence-corrected chi connectivity index (χ4v) is 1.47. The van der Waals surface area contributed by atoms with Gasteiger partial charge < -0.3 is 9.05 Å². The molecule has 0 spiro atoms. The highest BCUT2D eigenvalue weighted by molar-refractivity contribution is 7.53. The van der Waals surface area contributed by atoms with E-state index in [4.69, 9.17) is 9.05 Å². The molecule has 0 N–H and O–H groups in total. The van der Waals surface area contributed by atoms with E-state index in [2.05, 4.69) is 0 Å². The van der Waals surface area contributed by atoms with E-state index in [0.717, 1.165) is 5.56 Å². The van der Waals surface area contributed by atoms with E-state index in [9.17, 15) is 4.57 Å². The zero-order valence-corrected chi connectivity index (χ0v) is 8.88. The lowest BCUT2D eigenvalue weighted by Crippen LogP contribution is -1.92. The second kappa shape index (κ2) is 3.95. The third-order valence-corrected chi connectivity index (χ3v) is 2.80. The lowest BCUT2D eigenvalue weighted by atomic mass is 10.2. The van der Waals surface area contributed by atoms with Crippen LogP contribution in [0.5, 0.6) is 5.75 Å². The van der Waals surface area contributed by atoms with Crippen LogP contribution in [0.1, 0.15) is 5.56 Å². The number of hydrogen-bond donors (Lipinski definition) is 0. The molecular weight excluding hydrogens is 187 g/mol. The van der Waals surface area contributed by atoms with E-state index >= 15 is 0 Å². The molecule has 3 nitrogen and oxygen atoms in total. The lowest BCUT2D eigenvalue weighted by Gasteiger charge is -2.12. The number of hydrogen-bond acceptors (Lipinski definition) is 3. The van der Waals surface area contributed by atoms with Crippen molar-refractivity contribution in [1.82, 2.24) is 0 Å². The highest BCUT2D eigenvalue weighted by atomic mass is 31.2. The molecule has 1 atom stereocenters. The summed E-state index contributed by atoms with van der Waals surface area (Å²) in [6.45, 7) is 3.38. The van der Waals surface area contributed by atoms with Crippen molar-refractivity contribution in [2.45, 2.75) is 6.92 Å². The molecule has 0 aromatic heterocycles. The highest BCUT2D eigenvalue weighted by Gasteiger charge is 2.15. The Morgan fingerprint density at radius 1 is 1.38 bits per heavy atom. The molecule has 13 heavy (non-hydrogen) atoms. The summed E-state index contributed by atoms with van der Waals surface area (Å²) in [4.78, 5) is 0. The third-order valence-electron chi connectivity index (χ3n) is 1.59. The van der Waals surface area contributed by atoms with Crippen molar-refractivity contribution in [3.8, 4) is 5.75 Å². The minimum atomic E-state index is -2.92. The fraction of sp³-hybridized carbons (Fsp3) is 0.333. The summed E-state index contributed by atoms with van der Waals surface area (Å²) in [6.07, 6.45) is 0. The Kier molecular flexibility index (Phi) is 3.12. The van der Waals surface area contributed by atoms with Crippen LogP contribution in [0.25, 0.3) is 0 Å². The van der Waals surface area contributed by atoms with Crippen LogP contribution in [0.2, 0.25) is 0 Å². The van der Waals surface area contributed by atoms with Crippen molar-refractivity contribution in [1.29, 1.82) is 0 Å². The van der Waals surface area contributed by atoms with Crippen molar-refractivity contribution in [2.24, 2.45) is 0 Å². The highest BCUT2D eigenvalue weighted by Crippen LogP contribution is 2.43. The fourth-order valence-electron chi connectivity index (χ4n) is 0.901. The summed E-state index contributed by atoms with van der Waals surface area (Å²) in [5.41, 5.74) is 1.06. The molecule has 0 saturated heterocycles. The third kappa shape index (κ3) is 3.21. The first-order chi connectivity index (χ1) is 6.03. The summed E-state index contributed by atoms with van der Waals surface area (Å²) in [5.74, 6) is 0.577. The number of rotatable bonds is 3. The predicted molar refractivity (Wildman–Crippen MR) is 52.3 cm³/mol. The van der Waals surface area contributed by atoms with Gasteiger partial charge in [-0.3, -0.25) is 0 Å². The lowest BCUT2D eigenvalue weighted by molar-refractivity contribution is 0.328. The van der Waals surface area contributed by atoms with Crippen molar-refractivity contribution in [3.63, 3.8) is 0 Å². The van der Waals surface area contributed by atoms with Crippen LogP contribution in [-0.4, -0.2) is 13.8 Å². The summed E-state index contributed by atoms with van der Waals surface area (Å²) in [6, 6.07) is 7.36. The minimum absolute atomic E-state index is 0.577. The average Bonchev–Trinajstić information content (AvgIpc) is 2.03. The van der Waals surface area contributed by atoms with Crippen molar-refractivity contribution < 1.29 is 13.6 Å². The predicted octanol–water partition coefficient (Wildman–Crippen LogP) is 2.84. The number of aryl methyl sites for hydroxylation is 1. The molecule has 0 heterocycles. The van der Waals surface area contributed by atoms with Gasteiger partial charge in [0.05, 0.1) is 0 Å². The summed E-state index contributed by atoms with van der Waals surface area (Å²) < 4.78 is 21.3. The average molecular weight is 200 g/mol. The molecule has 0 saturated carbocycles. The van der Waals surface area contributed by atoms with E-state index < -0.39 is 7.60 Å². The normalized spacial score (nSPS) is 15.0. The van der Waals surface area contributed by atoms with E-state index in [1.165, 1.54) is 13.8 Å². The molecule has 72 valence electrons. The van der Waals surface area contributed by atoms with Crippen LogP contribution in [0, 0.1) is 6.92 Å². The van der Waals surface area contributed by atoms with Gasteiger partial charge in [0.1, 0.15) is 5.75 Å². The second-order valence-electron chi connectivity index (χ2n) is 2.86. The van der Waals surface area contributed by atoms with Crippen LogP contribution in [0.15, 0.2) is 24.3 Å². The first-order valence-corrected chi connectivity index (χ1v) is 5.92. The Morgan fingerprint density at radius 2 is 2.08 bits per heavy atom. The topological polar surface area (TPSA) is 35.5 Å². The van der Waals surface area contributed by atoms with E-state index in [1.807, 2.05) is 25.1 Å². The van der Waals surface area contributed by atoms with Gasteiger partial charge >= 0.3 is 7.60 Å². The quantitative estimate of drug-likeness (QED) is 0.704. The maximum absolute atomic E-state index is 11.4. The van der Waals surface area contributed by atoms with Crippen LogP contribution >= 0.6 is 7.60 Å². The minimum Gasteiger partial charge on any atom is -0.425 e. The zero-order valence-electron chi connectivity index (χ0n) is 7.98. The van der Waals surface area contributed by atoms with E-state index in [1.54, 1.807) is 6.07 Å². The van der Waals surface area contributed by atoms with Crippen LogP contribution in [0.4, 0.5) is 0 Å². The second-order valence-corrected chi connectivity index (χ2v) is 4.95. The van der Waals surface area contributed by atoms with E-state index in [0.29, 0.717) is 5.75 Å². The van der Waals surface area contributed by atoms with Gasteiger partial charge in [-0.05, 0) is 24.6 Å². The van der Waals surface area contributed by atoms with Gasteiger partial charge in [-0.1, -0.05) is 12.1 Å². The molecule has 1 rings (SSSR count). The molecule has 0 bridgehead atoms. The molecule has 0 radical (unpaired) electrons. The first kappa shape index (κ1) is 10.3. The smallest absolute Gasteiger partial charge is 0.375 e. The van der Waals surface area contributed by atoms with Crippen LogP contribution in [0.3, 0.4) is 0 Å². The Balaban J connectivity index is 2.81. The molecule has 1 aromatic carbocycles. The van der Waals surface area contributed by atoms with Crippen molar-refractivity contribution in [2.75, 3.05) is 13.8 Å². The van der Waals surface area contributed by atoms with Gasteiger partial charge in [0.25, 0.3) is 0 Å². The zero-order chi connectivity index (χ0) is 9.90. The summed E-state index contributed by atoms with van der Waals surface area (Å²) >= 11 is 0. The molecule has 0 amide bonds. The van der Waals surface area contributed by atoms with Gasteiger partial charge in [0, 0.05) is 13.8 Å². The van der Waals surface area contributed by atoms with Crippen molar-refractivity contribution >= 4 is 7.60 Å². The molecule has 0 fully saturated rings. The molecule has 1 unspecified atom stereocenters. The van der Waals surface area contributed by atoms with Crippen LogP contribution < -0.4 is 4.52 Å². The van der Waals surface area contributed by atoms with Crippen LogP contribution in [-0.2, 0) is 9.09 Å². The molecule has 0 aliphatic heterocycles. The first-order valence-electron chi connectivity index (χ1n) is 3.93. The summed E-state index contributed by atoms with van der Waals surface area (Å²) in [7, 11) is -1.54. The van der Waals surface area contributed by atoms with Gasteiger partial charge in [0.15, 0.2) is 0 Å². The van der Waals surface area contributed by atoms with Crippen molar-refractivity contribution in [3.05, 3.63) is 29.8 Å². The summed E-state index contributed by atoms with van der Waals surface area (Å²) in [5, 5.41) is 0. The molecule has 0 aliphatic carbocycles. The van der Waals surface area contributed by atoms with Gasteiger partial charge in [-0.2, -0.15) is 0 Å². The Morgan fingerprint density at radius 3 is 2.62 bits per heavy atom. The molecule has 0 aliphatic rings. The number of benzene rings is 1. The monoisotopic (exact) mass is 200 g/mol. The van der Waals surface area contributed by atoms with Gasteiger partial charge in [-0.25, -0.2) is 4.57 Å². The Labute approximate surface area is 78.2 Å². The van der Waals surface area contributed by atoms with E-state index in [-0.39, 0.29) is 0 Å². The maximum Gasteiger partial charge on any atom is 0.375 e. The Bertz CT molecular complexity index is 335.